The topological polar surface area (TPSA) is 64.6 Å². The molecule has 2 aromatic carbocycles. The van der Waals surface area contributed by atoms with Crippen molar-refractivity contribution in [3.8, 4) is 5.75 Å². The van der Waals surface area contributed by atoms with Gasteiger partial charge in [-0.05, 0) is 29.2 Å². The molecule has 0 fully saturated rings. The molecule has 0 saturated carbocycles. The first-order chi connectivity index (χ1) is 12.1. The van der Waals surface area contributed by atoms with E-state index in [9.17, 15) is 9.59 Å². The number of carbonyl (C=O) groups excluding carboxylic acids is 2. The zero-order chi connectivity index (χ0) is 18.1. The molecule has 0 aromatic heterocycles. The molecule has 2 rings (SSSR count). The van der Waals surface area contributed by atoms with Crippen LogP contribution in [0, 0.1) is 5.92 Å². The number of carbonyl (C=O) groups is 2. The summed E-state index contributed by atoms with van der Waals surface area (Å²) < 4.78 is 11.0. The van der Waals surface area contributed by atoms with Crippen LogP contribution in [0.2, 0.25) is 0 Å². The summed E-state index contributed by atoms with van der Waals surface area (Å²) in [5, 5.41) is 4.51. The van der Waals surface area contributed by atoms with Crippen molar-refractivity contribution in [1.82, 2.24) is 5.32 Å². The predicted octanol–water partition coefficient (Wildman–Crippen LogP) is 3.21. The molecule has 0 aliphatic heterocycles. The first-order valence-electron chi connectivity index (χ1n) is 8.56. The van der Waals surface area contributed by atoms with Crippen LogP contribution in [0.5, 0.6) is 5.75 Å². The van der Waals surface area contributed by atoms with Crippen LogP contribution >= 0.6 is 0 Å². The van der Waals surface area contributed by atoms with E-state index in [1.807, 2.05) is 30.3 Å². The Bertz CT molecular complexity index is 712. The van der Waals surface area contributed by atoms with Gasteiger partial charge < -0.3 is 14.8 Å². The minimum atomic E-state index is -0.238. The zero-order valence-electron chi connectivity index (χ0n) is 14.8. The van der Waals surface area contributed by atoms with Gasteiger partial charge in [-0.2, -0.15) is 0 Å². The number of benzene rings is 2. The van der Waals surface area contributed by atoms with Crippen molar-refractivity contribution in [2.24, 2.45) is 5.92 Å². The van der Waals surface area contributed by atoms with Gasteiger partial charge in [0.2, 0.25) is 0 Å². The lowest BCUT2D eigenvalue weighted by molar-refractivity contribution is -0.123. The average Bonchev–Trinajstić information content (AvgIpc) is 2.62. The summed E-state index contributed by atoms with van der Waals surface area (Å²) in [4.78, 5) is 23.2. The van der Waals surface area contributed by atoms with Crippen LogP contribution in [0.25, 0.3) is 10.8 Å². The first-order valence-corrected chi connectivity index (χ1v) is 8.56. The number of amides is 1. The molecule has 0 spiro atoms. The highest BCUT2D eigenvalue weighted by atomic mass is 16.5. The summed E-state index contributed by atoms with van der Waals surface area (Å²) in [6.07, 6.45) is 1.77. The van der Waals surface area contributed by atoms with E-state index in [-0.39, 0.29) is 12.5 Å². The van der Waals surface area contributed by atoms with E-state index >= 15 is 0 Å². The lowest BCUT2D eigenvalue weighted by atomic mass is 10.0. The molecule has 0 unspecified atom stereocenters. The molecule has 25 heavy (non-hydrogen) atoms. The minimum absolute atomic E-state index is 0.134. The van der Waals surface area contributed by atoms with Crippen LogP contribution < -0.4 is 10.1 Å². The number of nitrogens with one attached hydrogen (secondary N) is 1. The van der Waals surface area contributed by atoms with Crippen molar-refractivity contribution in [2.75, 3.05) is 26.4 Å². The monoisotopic (exact) mass is 343 g/mol. The third-order valence-electron chi connectivity index (χ3n) is 3.82. The summed E-state index contributed by atoms with van der Waals surface area (Å²) in [5.74, 6) is 0.784. The molecule has 0 aliphatic rings. The molecule has 0 aliphatic carbocycles. The van der Waals surface area contributed by atoms with Gasteiger partial charge in [-0.15, -0.1) is 0 Å². The second-order valence-electron chi connectivity index (χ2n) is 6.25. The lowest BCUT2D eigenvalue weighted by Crippen LogP contribution is -2.31. The number of ether oxygens (including phenoxy) is 2. The Morgan fingerprint density at radius 1 is 1.16 bits per heavy atom. The van der Waals surface area contributed by atoms with Crippen LogP contribution in [0.15, 0.2) is 36.4 Å². The van der Waals surface area contributed by atoms with Gasteiger partial charge in [0.15, 0.2) is 12.9 Å². The van der Waals surface area contributed by atoms with E-state index in [2.05, 4.69) is 19.2 Å². The van der Waals surface area contributed by atoms with Gasteiger partial charge in [-0.25, -0.2) is 0 Å². The number of aldehydes is 1. The fraction of sp³-hybridized carbons (Fsp3) is 0.400. The molecule has 1 N–H and O–H groups in total. The van der Waals surface area contributed by atoms with Gasteiger partial charge in [0.25, 0.3) is 5.91 Å². The van der Waals surface area contributed by atoms with Crippen molar-refractivity contribution in [1.29, 1.82) is 0 Å². The maximum Gasteiger partial charge on any atom is 0.258 e. The van der Waals surface area contributed by atoms with Crippen LogP contribution in [0.1, 0.15) is 30.6 Å². The van der Waals surface area contributed by atoms with E-state index in [0.29, 0.717) is 37.0 Å². The third kappa shape index (κ3) is 5.87. The van der Waals surface area contributed by atoms with Crippen molar-refractivity contribution in [3.05, 3.63) is 42.0 Å². The Kier molecular flexibility index (Phi) is 7.41. The Hall–Kier alpha value is -2.40. The summed E-state index contributed by atoms with van der Waals surface area (Å²) in [6, 6.07) is 11.2. The van der Waals surface area contributed by atoms with Gasteiger partial charge >= 0.3 is 0 Å². The molecular formula is C20H25NO4. The third-order valence-corrected chi connectivity index (χ3v) is 3.82. The van der Waals surface area contributed by atoms with Crippen LogP contribution in [0.3, 0.4) is 0 Å². The Labute approximate surface area is 148 Å². The summed E-state index contributed by atoms with van der Waals surface area (Å²) in [5.41, 5.74) is 0.461. The maximum absolute atomic E-state index is 11.8. The highest BCUT2D eigenvalue weighted by Gasteiger charge is 2.10. The predicted molar refractivity (Wildman–Crippen MR) is 98.1 cm³/mol. The molecule has 2 aromatic rings. The largest absolute Gasteiger partial charge is 0.483 e. The molecule has 0 atom stereocenters. The Balaban J connectivity index is 1.80. The highest BCUT2D eigenvalue weighted by molar-refractivity contribution is 6.00. The molecule has 0 radical (unpaired) electrons. The van der Waals surface area contributed by atoms with Crippen molar-refractivity contribution in [3.63, 3.8) is 0 Å². The van der Waals surface area contributed by atoms with Gasteiger partial charge in [-0.3, -0.25) is 9.59 Å². The fourth-order valence-corrected chi connectivity index (χ4v) is 2.40. The first kappa shape index (κ1) is 18.9. The quantitative estimate of drug-likeness (QED) is 0.531. The van der Waals surface area contributed by atoms with Gasteiger partial charge in [0.05, 0.1) is 12.2 Å². The molecule has 0 bridgehead atoms. The summed E-state index contributed by atoms with van der Waals surface area (Å²) in [7, 11) is 0. The maximum atomic E-state index is 11.8. The van der Waals surface area contributed by atoms with Crippen LogP contribution in [-0.4, -0.2) is 38.6 Å². The summed E-state index contributed by atoms with van der Waals surface area (Å²) >= 11 is 0. The molecule has 134 valence electrons. The molecule has 0 heterocycles. The van der Waals surface area contributed by atoms with Crippen molar-refractivity contribution in [2.45, 2.75) is 20.3 Å². The van der Waals surface area contributed by atoms with Gasteiger partial charge in [-0.1, -0.05) is 44.2 Å². The number of hydrogen-bond acceptors (Lipinski definition) is 4. The van der Waals surface area contributed by atoms with Crippen molar-refractivity contribution < 1.29 is 19.1 Å². The summed E-state index contributed by atoms with van der Waals surface area (Å²) in [6.45, 7) is 5.77. The van der Waals surface area contributed by atoms with E-state index < -0.39 is 0 Å². The molecule has 0 saturated heterocycles. The van der Waals surface area contributed by atoms with Crippen LogP contribution in [-0.2, 0) is 9.53 Å². The lowest BCUT2D eigenvalue weighted by Gasteiger charge is -2.11. The minimum Gasteiger partial charge on any atom is -0.483 e. The smallest absolute Gasteiger partial charge is 0.258 e. The second kappa shape index (κ2) is 9.79. The number of fused-ring (bicyclic) bond motifs is 1. The van der Waals surface area contributed by atoms with Crippen molar-refractivity contribution >= 4 is 23.0 Å². The van der Waals surface area contributed by atoms with E-state index in [1.165, 1.54) is 0 Å². The van der Waals surface area contributed by atoms with Gasteiger partial charge in [0.1, 0.15) is 5.75 Å². The fourth-order valence-electron chi connectivity index (χ4n) is 2.40. The molecule has 1 amide bonds. The van der Waals surface area contributed by atoms with E-state index in [4.69, 9.17) is 9.47 Å². The van der Waals surface area contributed by atoms with Crippen LogP contribution in [0.4, 0.5) is 0 Å². The number of rotatable bonds is 10. The van der Waals surface area contributed by atoms with E-state index in [0.717, 1.165) is 23.5 Å². The van der Waals surface area contributed by atoms with Gasteiger partial charge in [0, 0.05) is 13.2 Å². The Morgan fingerprint density at radius 3 is 2.72 bits per heavy atom. The average molecular weight is 343 g/mol. The zero-order valence-corrected chi connectivity index (χ0v) is 14.8. The number of hydrogen-bond donors (Lipinski definition) is 1. The van der Waals surface area contributed by atoms with E-state index in [1.54, 1.807) is 6.07 Å². The normalized spacial score (nSPS) is 10.8. The standard InChI is InChI=1S/C20H25NO4/c1-15(2)9-11-24-12-10-21-20(23)14-25-19-8-7-16-5-3-4-6-17(16)18(19)13-22/h3-8,13,15H,9-12,14H2,1-2H3,(H,21,23). The molecular weight excluding hydrogens is 318 g/mol. The highest BCUT2D eigenvalue weighted by Crippen LogP contribution is 2.26. The molecule has 5 nitrogen and oxygen atoms in total. The SMILES string of the molecule is CC(C)CCOCCNC(=O)COc1ccc2ccccc2c1C=O. The second-order valence-corrected chi connectivity index (χ2v) is 6.25. The Morgan fingerprint density at radius 2 is 1.96 bits per heavy atom. The molecule has 5 heteroatoms.